The first kappa shape index (κ1) is 17.7. The van der Waals surface area contributed by atoms with Gasteiger partial charge in [0.25, 0.3) is 11.5 Å². The van der Waals surface area contributed by atoms with Crippen LogP contribution in [-0.4, -0.2) is 47.9 Å². The number of aromatic amines is 1. The zero-order chi connectivity index (χ0) is 18.8. The van der Waals surface area contributed by atoms with Gasteiger partial charge in [0.2, 0.25) is 5.91 Å². The molecule has 1 aliphatic rings. The lowest BCUT2D eigenvalue weighted by atomic mass is 10.1. The fraction of sp³-hybridized carbons (Fsp3) is 0.316. The maximum atomic E-state index is 12.8. The van der Waals surface area contributed by atoms with Crippen LogP contribution in [0, 0.1) is 6.92 Å². The van der Waals surface area contributed by atoms with E-state index in [4.69, 9.17) is 4.74 Å². The molecule has 1 N–H and O–H groups in total. The molecule has 3 rings (SSSR count). The number of methoxy groups -OCH3 is 1. The van der Waals surface area contributed by atoms with Crippen LogP contribution in [0.25, 0.3) is 0 Å². The summed E-state index contributed by atoms with van der Waals surface area (Å²) in [6.45, 7) is 4.12. The molecule has 1 aromatic heterocycles. The summed E-state index contributed by atoms with van der Waals surface area (Å²) in [6, 6.07) is 9.75. The Kier molecular flexibility index (Phi) is 4.79. The molecule has 1 aliphatic heterocycles. The van der Waals surface area contributed by atoms with Crippen molar-refractivity contribution in [2.45, 2.75) is 19.9 Å². The van der Waals surface area contributed by atoms with Gasteiger partial charge >= 0.3 is 0 Å². The molecule has 2 aromatic rings. The van der Waals surface area contributed by atoms with Gasteiger partial charge < -0.3 is 19.5 Å². The predicted octanol–water partition coefficient (Wildman–Crippen LogP) is 1.57. The average molecular weight is 355 g/mol. The number of nitrogens with one attached hydrogen (secondary N) is 1. The lowest BCUT2D eigenvalue weighted by Gasteiger charge is -2.39. The van der Waals surface area contributed by atoms with E-state index in [9.17, 15) is 14.4 Å². The number of nitrogens with zero attached hydrogens (tertiary/aromatic N) is 2. The van der Waals surface area contributed by atoms with E-state index in [0.717, 1.165) is 5.69 Å². The fourth-order valence-electron chi connectivity index (χ4n) is 3.08. The molecule has 1 aromatic carbocycles. The van der Waals surface area contributed by atoms with E-state index in [0.29, 0.717) is 24.5 Å². The average Bonchev–Trinajstić information content (AvgIpc) is 2.63. The topological polar surface area (TPSA) is 82.7 Å². The van der Waals surface area contributed by atoms with Crippen molar-refractivity contribution < 1.29 is 14.3 Å². The number of rotatable bonds is 3. The van der Waals surface area contributed by atoms with Gasteiger partial charge in [-0.25, -0.2) is 0 Å². The van der Waals surface area contributed by atoms with Crippen LogP contribution < -0.4 is 15.2 Å². The van der Waals surface area contributed by atoms with Crippen molar-refractivity contribution in [1.82, 2.24) is 9.88 Å². The monoisotopic (exact) mass is 355 g/mol. The van der Waals surface area contributed by atoms with Crippen LogP contribution in [0.2, 0.25) is 0 Å². The minimum absolute atomic E-state index is 0.0464. The van der Waals surface area contributed by atoms with Crippen molar-refractivity contribution >= 4 is 17.5 Å². The number of H-pyrrole nitrogens is 1. The minimum Gasteiger partial charge on any atom is -0.497 e. The Morgan fingerprint density at radius 3 is 2.65 bits per heavy atom. The highest BCUT2D eigenvalue weighted by Crippen LogP contribution is 2.25. The molecule has 0 aliphatic carbocycles. The number of pyridine rings is 1. The summed E-state index contributed by atoms with van der Waals surface area (Å²) in [6.07, 6.45) is 0. The second-order valence-electron chi connectivity index (χ2n) is 6.25. The van der Waals surface area contributed by atoms with Crippen LogP contribution >= 0.6 is 0 Å². The van der Waals surface area contributed by atoms with Crippen molar-refractivity contribution in [3.63, 3.8) is 0 Å². The van der Waals surface area contributed by atoms with E-state index in [1.165, 1.54) is 11.0 Å². The molecule has 7 nitrogen and oxygen atoms in total. The Labute approximate surface area is 151 Å². The molecule has 0 spiro atoms. The van der Waals surface area contributed by atoms with Gasteiger partial charge in [-0.2, -0.15) is 0 Å². The molecule has 2 amide bonds. The predicted molar refractivity (Wildman–Crippen MR) is 97.6 cm³/mol. The normalized spacial score (nSPS) is 17.3. The van der Waals surface area contributed by atoms with Gasteiger partial charge in [-0.15, -0.1) is 0 Å². The molecule has 0 unspecified atom stereocenters. The van der Waals surface area contributed by atoms with Crippen molar-refractivity contribution in [1.29, 1.82) is 0 Å². The molecule has 1 fully saturated rings. The summed E-state index contributed by atoms with van der Waals surface area (Å²) in [4.78, 5) is 43.3. The van der Waals surface area contributed by atoms with Crippen LogP contribution in [0.15, 0.2) is 41.2 Å². The molecule has 1 saturated heterocycles. The number of anilines is 1. The highest BCUT2D eigenvalue weighted by atomic mass is 16.5. The number of carbonyl (C=O) groups excluding carboxylic acids is 2. The van der Waals surface area contributed by atoms with Crippen LogP contribution in [0.3, 0.4) is 0 Å². The van der Waals surface area contributed by atoms with E-state index < -0.39 is 17.5 Å². The molecule has 0 saturated carbocycles. The molecule has 7 heteroatoms. The Bertz CT molecular complexity index is 906. The lowest BCUT2D eigenvalue weighted by molar-refractivity contribution is -0.124. The van der Waals surface area contributed by atoms with Crippen LogP contribution in [0.1, 0.15) is 23.0 Å². The first-order valence-corrected chi connectivity index (χ1v) is 8.38. The SMILES string of the molecule is COc1cccc(N2CCN(C(=O)c3ccc(C)[nH]c3=O)[C@@H](C)C2=O)c1. The number of benzene rings is 1. The van der Waals surface area contributed by atoms with E-state index in [1.807, 2.05) is 12.1 Å². The molecule has 26 heavy (non-hydrogen) atoms. The highest BCUT2D eigenvalue weighted by molar-refractivity contribution is 6.03. The zero-order valence-corrected chi connectivity index (χ0v) is 15.0. The number of carbonyl (C=O) groups is 2. The fourth-order valence-corrected chi connectivity index (χ4v) is 3.08. The second-order valence-corrected chi connectivity index (χ2v) is 6.25. The van der Waals surface area contributed by atoms with E-state index >= 15 is 0 Å². The Morgan fingerprint density at radius 1 is 1.19 bits per heavy atom. The third-order valence-electron chi connectivity index (χ3n) is 4.57. The quantitative estimate of drug-likeness (QED) is 0.906. The first-order chi connectivity index (χ1) is 12.4. The number of piperazine rings is 1. The Morgan fingerprint density at radius 2 is 1.96 bits per heavy atom. The van der Waals surface area contributed by atoms with Crippen molar-refractivity contribution in [3.05, 3.63) is 58.0 Å². The Balaban J connectivity index is 1.83. The van der Waals surface area contributed by atoms with Crippen LogP contribution in [-0.2, 0) is 4.79 Å². The number of aromatic nitrogens is 1. The maximum Gasteiger partial charge on any atom is 0.260 e. The summed E-state index contributed by atoms with van der Waals surface area (Å²) in [7, 11) is 1.57. The highest BCUT2D eigenvalue weighted by Gasteiger charge is 2.36. The molecule has 0 bridgehead atoms. The van der Waals surface area contributed by atoms with Crippen molar-refractivity contribution in [2.24, 2.45) is 0 Å². The summed E-state index contributed by atoms with van der Waals surface area (Å²) in [5, 5.41) is 0. The summed E-state index contributed by atoms with van der Waals surface area (Å²) >= 11 is 0. The molecule has 136 valence electrons. The van der Waals surface area contributed by atoms with Crippen molar-refractivity contribution in [2.75, 3.05) is 25.1 Å². The first-order valence-electron chi connectivity index (χ1n) is 8.38. The largest absolute Gasteiger partial charge is 0.497 e. The molecule has 0 radical (unpaired) electrons. The molecule has 2 heterocycles. The number of hydrogen-bond donors (Lipinski definition) is 1. The van der Waals surface area contributed by atoms with Gasteiger partial charge in [0, 0.05) is 30.5 Å². The summed E-state index contributed by atoms with van der Waals surface area (Å²) < 4.78 is 5.21. The van der Waals surface area contributed by atoms with E-state index in [-0.39, 0.29) is 11.5 Å². The van der Waals surface area contributed by atoms with E-state index in [1.54, 1.807) is 44.1 Å². The van der Waals surface area contributed by atoms with Crippen molar-refractivity contribution in [3.8, 4) is 5.75 Å². The van der Waals surface area contributed by atoms with Gasteiger partial charge in [0.1, 0.15) is 17.4 Å². The number of hydrogen-bond acceptors (Lipinski definition) is 4. The Hall–Kier alpha value is -3.09. The van der Waals surface area contributed by atoms with Gasteiger partial charge in [0.15, 0.2) is 0 Å². The molecule has 1 atom stereocenters. The van der Waals surface area contributed by atoms with Gasteiger partial charge in [-0.05, 0) is 38.1 Å². The van der Waals surface area contributed by atoms with Gasteiger partial charge in [-0.1, -0.05) is 6.07 Å². The van der Waals surface area contributed by atoms with E-state index in [2.05, 4.69) is 4.98 Å². The molecular weight excluding hydrogens is 334 g/mol. The zero-order valence-electron chi connectivity index (χ0n) is 15.0. The molecular formula is C19H21N3O4. The smallest absolute Gasteiger partial charge is 0.260 e. The minimum atomic E-state index is -0.664. The second kappa shape index (κ2) is 7.03. The third kappa shape index (κ3) is 3.20. The lowest BCUT2D eigenvalue weighted by Crippen LogP contribution is -2.58. The standard InChI is InChI=1S/C19H21N3O4/c1-12-7-8-16(17(23)20-12)19(25)21-9-10-22(18(24)13(21)2)14-5-4-6-15(11-14)26-3/h4-8,11,13H,9-10H2,1-3H3,(H,20,23)/t13-/m0/s1. The number of aryl methyl sites for hydroxylation is 1. The summed E-state index contributed by atoms with van der Waals surface area (Å²) in [5.41, 5.74) is 1.01. The number of amides is 2. The van der Waals surface area contributed by atoms with Gasteiger partial charge in [-0.3, -0.25) is 14.4 Å². The van der Waals surface area contributed by atoms with Gasteiger partial charge in [0.05, 0.1) is 7.11 Å². The van der Waals surface area contributed by atoms with Crippen LogP contribution in [0.4, 0.5) is 5.69 Å². The van der Waals surface area contributed by atoms with Crippen LogP contribution in [0.5, 0.6) is 5.75 Å². The summed E-state index contributed by atoms with van der Waals surface area (Å²) in [5.74, 6) is 0.0337. The maximum absolute atomic E-state index is 12.8. The third-order valence-corrected chi connectivity index (χ3v) is 4.57. The number of ether oxygens (including phenoxy) is 1.